The molecule has 0 amide bonds. The molecule has 0 aliphatic rings. The van der Waals surface area contributed by atoms with Crippen LogP contribution in [-0.4, -0.2) is 18.9 Å². The first kappa shape index (κ1) is 10.6. The van der Waals surface area contributed by atoms with E-state index in [-0.39, 0.29) is 5.41 Å². The number of ketones is 1. The normalized spacial score (nSPS) is 11.6. The van der Waals surface area contributed by atoms with E-state index in [1.165, 1.54) is 0 Å². The van der Waals surface area contributed by atoms with Crippen molar-refractivity contribution >= 4 is 5.78 Å². The molecule has 11 heavy (non-hydrogen) atoms. The van der Waals surface area contributed by atoms with Crippen molar-refractivity contribution in [3.63, 3.8) is 0 Å². The summed E-state index contributed by atoms with van der Waals surface area (Å²) in [5.41, 5.74) is 0.131. The van der Waals surface area contributed by atoms with Crippen LogP contribution < -0.4 is 5.32 Å². The third kappa shape index (κ3) is 7.53. The van der Waals surface area contributed by atoms with Crippen molar-refractivity contribution in [2.45, 2.75) is 34.1 Å². The molecule has 0 heterocycles. The van der Waals surface area contributed by atoms with Gasteiger partial charge in [0.25, 0.3) is 0 Å². The van der Waals surface area contributed by atoms with E-state index in [9.17, 15) is 4.79 Å². The first-order valence-electron chi connectivity index (χ1n) is 4.18. The molecule has 66 valence electrons. The number of rotatable bonds is 4. The van der Waals surface area contributed by atoms with Crippen LogP contribution in [0.2, 0.25) is 0 Å². The molecule has 1 N–H and O–H groups in total. The summed E-state index contributed by atoms with van der Waals surface area (Å²) < 4.78 is 0. The largest absolute Gasteiger partial charge is 0.310 e. The Kier molecular flexibility index (Phi) is 4.34. The van der Waals surface area contributed by atoms with Crippen LogP contribution in [0.25, 0.3) is 0 Å². The highest BCUT2D eigenvalue weighted by atomic mass is 16.1. The van der Waals surface area contributed by atoms with Gasteiger partial charge in [-0.3, -0.25) is 4.79 Å². The van der Waals surface area contributed by atoms with Gasteiger partial charge < -0.3 is 5.32 Å². The summed E-state index contributed by atoms with van der Waals surface area (Å²) in [7, 11) is 0. The molecule has 0 fully saturated rings. The predicted molar refractivity (Wildman–Crippen MR) is 47.6 cm³/mol. The van der Waals surface area contributed by atoms with E-state index in [4.69, 9.17) is 0 Å². The number of carbonyl (C=O) groups is 1. The van der Waals surface area contributed by atoms with Crippen molar-refractivity contribution in [2.24, 2.45) is 5.41 Å². The van der Waals surface area contributed by atoms with Crippen LogP contribution in [0.3, 0.4) is 0 Å². The Balaban J connectivity index is 3.53. The van der Waals surface area contributed by atoms with Crippen molar-refractivity contribution in [1.82, 2.24) is 5.32 Å². The third-order valence-corrected chi connectivity index (χ3v) is 1.30. The minimum Gasteiger partial charge on any atom is -0.310 e. The number of Topliss-reactive ketones (excluding diaryl/α,β-unsaturated/α-hetero) is 1. The second kappa shape index (κ2) is 4.50. The Hall–Kier alpha value is -0.370. The lowest BCUT2D eigenvalue weighted by Gasteiger charge is -2.16. The van der Waals surface area contributed by atoms with Gasteiger partial charge in [0.1, 0.15) is 5.78 Å². The first-order valence-corrected chi connectivity index (χ1v) is 4.18. The fraction of sp³-hybridized carbons (Fsp3) is 0.889. The van der Waals surface area contributed by atoms with Gasteiger partial charge in [-0.25, -0.2) is 0 Å². The Morgan fingerprint density at radius 3 is 2.27 bits per heavy atom. The average molecular weight is 157 g/mol. The minimum atomic E-state index is 0.131. The van der Waals surface area contributed by atoms with Gasteiger partial charge >= 0.3 is 0 Å². The van der Waals surface area contributed by atoms with Crippen molar-refractivity contribution in [3.8, 4) is 0 Å². The van der Waals surface area contributed by atoms with Gasteiger partial charge in [0.15, 0.2) is 0 Å². The second-order valence-electron chi connectivity index (χ2n) is 4.06. The topological polar surface area (TPSA) is 29.1 Å². The van der Waals surface area contributed by atoms with E-state index >= 15 is 0 Å². The van der Waals surface area contributed by atoms with Crippen molar-refractivity contribution in [3.05, 3.63) is 0 Å². The standard InChI is InChI=1S/C9H19NO/c1-5-10-7-8(11)6-9(2,3)4/h10H,5-7H2,1-4H3. The molecule has 0 spiro atoms. The van der Waals surface area contributed by atoms with Crippen LogP contribution in [0.5, 0.6) is 0 Å². The zero-order chi connectivity index (χ0) is 8.91. The van der Waals surface area contributed by atoms with E-state index in [1.807, 2.05) is 6.92 Å². The highest BCUT2D eigenvalue weighted by molar-refractivity contribution is 5.80. The first-order chi connectivity index (χ1) is 4.95. The van der Waals surface area contributed by atoms with E-state index in [1.54, 1.807) is 0 Å². The van der Waals surface area contributed by atoms with Gasteiger partial charge in [0.05, 0.1) is 6.54 Å². The number of hydrogen-bond donors (Lipinski definition) is 1. The van der Waals surface area contributed by atoms with Gasteiger partial charge in [-0.2, -0.15) is 0 Å². The fourth-order valence-electron chi connectivity index (χ4n) is 0.918. The van der Waals surface area contributed by atoms with E-state index in [2.05, 4.69) is 26.1 Å². The predicted octanol–water partition coefficient (Wildman–Crippen LogP) is 1.60. The number of hydrogen-bond acceptors (Lipinski definition) is 2. The molecular formula is C9H19NO. The smallest absolute Gasteiger partial charge is 0.147 e. The van der Waals surface area contributed by atoms with Crippen LogP contribution >= 0.6 is 0 Å². The monoisotopic (exact) mass is 157 g/mol. The molecule has 0 aromatic rings. The minimum absolute atomic E-state index is 0.131. The van der Waals surface area contributed by atoms with Crippen LogP contribution in [0, 0.1) is 5.41 Å². The number of nitrogens with one attached hydrogen (secondary N) is 1. The van der Waals surface area contributed by atoms with E-state index < -0.39 is 0 Å². The lowest BCUT2D eigenvalue weighted by Crippen LogP contribution is -2.25. The summed E-state index contributed by atoms with van der Waals surface area (Å²) in [5, 5.41) is 3.02. The molecule has 0 aromatic heterocycles. The molecule has 0 aliphatic carbocycles. The average Bonchev–Trinajstić information content (AvgIpc) is 1.79. The van der Waals surface area contributed by atoms with Gasteiger partial charge in [-0.15, -0.1) is 0 Å². The molecule has 0 unspecified atom stereocenters. The molecule has 2 nitrogen and oxygen atoms in total. The Morgan fingerprint density at radius 1 is 1.36 bits per heavy atom. The molecule has 0 rings (SSSR count). The Labute approximate surface area is 69.4 Å². The van der Waals surface area contributed by atoms with Gasteiger partial charge in [-0.1, -0.05) is 27.7 Å². The number of likely N-dealkylation sites (N-methyl/N-ethyl adjacent to an activating group) is 1. The SMILES string of the molecule is CCNCC(=O)CC(C)(C)C. The molecule has 0 saturated heterocycles. The maximum absolute atomic E-state index is 11.2. The fourth-order valence-corrected chi connectivity index (χ4v) is 0.918. The highest BCUT2D eigenvalue weighted by Gasteiger charge is 2.14. The summed E-state index contributed by atoms with van der Waals surface area (Å²) in [5.74, 6) is 0.305. The molecule has 0 radical (unpaired) electrons. The lowest BCUT2D eigenvalue weighted by molar-refractivity contribution is -0.119. The summed E-state index contributed by atoms with van der Waals surface area (Å²) in [6.07, 6.45) is 0.667. The number of carbonyl (C=O) groups excluding carboxylic acids is 1. The molecule has 0 saturated carbocycles. The highest BCUT2D eigenvalue weighted by Crippen LogP contribution is 2.17. The third-order valence-electron chi connectivity index (χ3n) is 1.30. The second-order valence-corrected chi connectivity index (χ2v) is 4.06. The summed E-state index contributed by atoms with van der Waals surface area (Å²) in [4.78, 5) is 11.2. The van der Waals surface area contributed by atoms with Crippen molar-refractivity contribution < 1.29 is 4.79 Å². The van der Waals surface area contributed by atoms with Gasteiger partial charge in [0.2, 0.25) is 0 Å². The van der Waals surface area contributed by atoms with E-state index in [0.29, 0.717) is 18.7 Å². The lowest BCUT2D eigenvalue weighted by atomic mass is 9.90. The van der Waals surface area contributed by atoms with Gasteiger partial charge in [0, 0.05) is 6.42 Å². The zero-order valence-electron chi connectivity index (χ0n) is 8.03. The molecule has 0 aliphatic heterocycles. The Morgan fingerprint density at radius 2 is 1.91 bits per heavy atom. The quantitative estimate of drug-likeness (QED) is 0.671. The van der Waals surface area contributed by atoms with Crippen molar-refractivity contribution in [1.29, 1.82) is 0 Å². The van der Waals surface area contributed by atoms with Crippen LogP contribution in [0.15, 0.2) is 0 Å². The summed E-state index contributed by atoms with van der Waals surface area (Å²) in [6, 6.07) is 0. The summed E-state index contributed by atoms with van der Waals surface area (Å²) >= 11 is 0. The Bertz CT molecular complexity index is 124. The molecule has 0 bridgehead atoms. The molecule has 0 aromatic carbocycles. The maximum atomic E-state index is 11.2. The van der Waals surface area contributed by atoms with Crippen LogP contribution in [0.1, 0.15) is 34.1 Å². The zero-order valence-corrected chi connectivity index (χ0v) is 8.03. The van der Waals surface area contributed by atoms with Gasteiger partial charge in [-0.05, 0) is 12.0 Å². The van der Waals surface area contributed by atoms with Crippen molar-refractivity contribution in [2.75, 3.05) is 13.1 Å². The molecular weight excluding hydrogens is 138 g/mol. The maximum Gasteiger partial charge on any atom is 0.147 e. The van der Waals surface area contributed by atoms with Crippen LogP contribution in [-0.2, 0) is 4.79 Å². The summed E-state index contributed by atoms with van der Waals surface area (Å²) in [6.45, 7) is 9.64. The molecule has 2 heteroatoms. The van der Waals surface area contributed by atoms with Crippen LogP contribution in [0.4, 0.5) is 0 Å². The molecule has 0 atom stereocenters. The van der Waals surface area contributed by atoms with E-state index in [0.717, 1.165) is 6.54 Å².